The van der Waals surface area contributed by atoms with Crippen LogP contribution < -0.4 is 5.32 Å². The molecule has 0 aromatic rings. The zero-order valence-electron chi connectivity index (χ0n) is 11.0. The van der Waals surface area contributed by atoms with E-state index in [4.69, 9.17) is 0 Å². The summed E-state index contributed by atoms with van der Waals surface area (Å²) < 4.78 is 22.9. The van der Waals surface area contributed by atoms with Gasteiger partial charge in [-0.1, -0.05) is 0 Å². The fraction of sp³-hybridized carbons (Fsp3) is 1.00. The Labute approximate surface area is 110 Å². The minimum atomic E-state index is -2.71. The van der Waals surface area contributed by atoms with Gasteiger partial charge in [-0.2, -0.15) is 0 Å². The Bertz CT molecular complexity index is 378. The number of nitrogens with one attached hydrogen (secondary N) is 1. The molecule has 1 aliphatic carbocycles. The fourth-order valence-corrected chi connectivity index (χ4v) is 4.69. The Morgan fingerprint density at radius 1 is 1.06 bits per heavy atom. The lowest BCUT2D eigenvalue weighted by molar-refractivity contribution is 0.218. The molecule has 0 bridgehead atoms. The van der Waals surface area contributed by atoms with Gasteiger partial charge in [-0.15, -0.1) is 0 Å². The number of sulfone groups is 1. The van der Waals surface area contributed by atoms with Crippen molar-refractivity contribution in [2.24, 2.45) is 5.92 Å². The largest absolute Gasteiger partial charge is 0.314 e. The minimum absolute atomic E-state index is 0.402. The van der Waals surface area contributed by atoms with Gasteiger partial charge in [0.25, 0.3) is 0 Å². The first-order valence-electron chi connectivity index (χ1n) is 7.30. The molecule has 5 heteroatoms. The highest BCUT2D eigenvalue weighted by Gasteiger charge is 2.33. The van der Waals surface area contributed by atoms with E-state index in [-0.39, 0.29) is 0 Å². The predicted molar refractivity (Wildman–Crippen MR) is 72.4 cm³/mol. The smallest absolute Gasteiger partial charge is 0.150 e. The summed E-state index contributed by atoms with van der Waals surface area (Å²) in [5, 5.41) is 3.61. The maximum atomic E-state index is 11.4. The van der Waals surface area contributed by atoms with Crippen LogP contribution >= 0.6 is 0 Å². The van der Waals surface area contributed by atoms with E-state index in [0.717, 1.165) is 31.3 Å². The Kier molecular flexibility index (Phi) is 3.65. The lowest BCUT2D eigenvalue weighted by Crippen LogP contribution is -2.40. The molecule has 0 amide bonds. The molecule has 0 aromatic carbocycles. The van der Waals surface area contributed by atoms with Gasteiger partial charge in [-0.3, -0.25) is 4.90 Å². The Hall–Kier alpha value is -0.130. The quantitative estimate of drug-likeness (QED) is 0.816. The molecule has 1 N–H and O–H groups in total. The summed E-state index contributed by atoms with van der Waals surface area (Å²) in [5.74, 6) is 1.59. The highest BCUT2D eigenvalue weighted by atomic mass is 32.2. The van der Waals surface area contributed by atoms with Gasteiger partial charge < -0.3 is 5.32 Å². The maximum absolute atomic E-state index is 11.4. The lowest BCUT2D eigenvalue weighted by Gasteiger charge is -2.31. The molecule has 1 atom stereocenters. The van der Waals surface area contributed by atoms with E-state index in [9.17, 15) is 8.42 Å². The van der Waals surface area contributed by atoms with Gasteiger partial charge >= 0.3 is 0 Å². The summed E-state index contributed by atoms with van der Waals surface area (Å²) in [6.07, 6.45) is 5.70. The molecule has 2 heterocycles. The minimum Gasteiger partial charge on any atom is -0.314 e. The molecule has 3 aliphatic rings. The monoisotopic (exact) mass is 272 g/mol. The molecule has 3 fully saturated rings. The van der Waals surface area contributed by atoms with Crippen LogP contribution in [0.2, 0.25) is 0 Å². The number of nitrogens with zero attached hydrogens (tertiary/aromatic N) is 1. The number of hydrogen-bond donors (Lipinski definition) is 1. The van der Waals surface area contributed by atoms with Crippen molar-refractivity contribution in [2.75, 3.05) is 31.1 Å². The Morgan fingerprint density at radius 3 is 2.44 bits per heavy atom. The molecule has 3 rings (SSSR count). The third-order valence-corrected chi connectivity index (χ3v) is 6.35. The SMILES string of the molecule is O=S1(=O)CCC(N2CCC(CNC3CC3)C2)CC1. The molecule has 104 valence electrons. The standard InChI is InChI=1S/C13H24N2O2S/c16-18(17)7-4-13(5-8-18)15-6-3-11(10-15)9-14-12-1-2-12/h11-14H,1-10H2. The molecular weight excluding hydrogens is 248 g/mol. The van der Waals surface area contributed by atoms with Crippen LogP contribution in [0.4, 0.5) is 0 Å². The van der Waals surface area contributed by atoms with Crippen LogP contribution in [0.25, 0.3) is 0 Å². The second-order valence-corrected chi connectivity index (χ2v) is 8.52. The van der Waals surface area contributed by atoms with Crippen LogP contribution in [0.5, 0.6) is 0 Å². The van der Waals surface area contributed by atoms with E-state index in [1.54, 1.807) is 0 Å². The van der Waals surface area contributed by atoms with Gasteiger partial charge in [-0.25, -0.2) is 8.42 Å². The molecule has 2 aliphatic heterocycles. The molecule has 1 saturated carbocycles. The lowest BCUT2D eigenvalue weighted by atomic mass is 10.1. The average Bonchev–Trinajstić information content (AvgIpc) is 3.05. The van der Waals surface area contributed by atoms with Crippen LogP contribution in [0.1, 0.15) is 32.1 Å². The summed E-state index contributed by atoms with van der Waals surface area (Å²) >= 11 is 0. The van der Waals surface area contributed by atoms with Gasteiger partial charge in [0, 0.05) is 18.6 Å². The fourth-order valence-electron chi connectivity index (χ4n) is 3.22. The number of rotatable bonds is 4. The van der Waals surface area contributed by atoms with E-state index >= 15 is 0 Å². The normalized spacial score (nSPS) is 33.9. The summed E-state index contributed by atoms with van der Waals surface area (Å²) in [4.78, 5) is 2.54. The van der Waals surface area contributed by atoms with Crippen molar-refractivity contribution in [3.63, 3.8) is 0 Å². The van der Waals surface area contributed by atoms with Gasteiger partial charge in [0.1, 0.15) is 9.84 Å². The van der Waals surface area contributed by atoms with Crippen LogP contribution in [-0.2, 0) is 9.84 Å². The van der Waals surface area contributed by atoms with Gasteiger partial charge in [0.05, 0.1) is 11.5 Å². The topological polar surface area (TPSA) is 49.4 Å². The van der Waals surface area contributed by atoms with E-state index < -0.39 is 9.84 Å². The second kappa shape index (κ2) is 5.10. The molecule has 0 radical (unpaired) electrons. The van der Waals surface area contributed by atoms with Crippen LogP contribution in [-0.4, -0.2) is 56.5 Å². The first-order chi connectivity index (χ1) is 8.62. The molecular formula is C13H24N2O2S. The van der Waals surface area contributed by atoms with Crippen molar-refractivity contribution < 1.29 is 8.42 Å². The molecule has 0 aromatic heterocycles. The molecule has 2 saturated heterocycles. The first kappa shape index (κ1) is 12.9. The van der Waals surface area contributed by atoms with Crippen LogP contribution in [0.3, 0.4) is 0 Å². The highest BCUT2D eigenvalue weighted by molar-refractivity contribution is 7.91. The molecule has 1 unspecified atom stereocenters. The van der Waals surface area contributed by atoms with E-state index in [1.807, 2.05) is 0 Å². The van der Waals surface area contributed by atoms with Crippen molar-refractivity contribution in [1.82, 2.24) is 10.2 Å². The summed E-state index contributed by atoms with van der Waals surface area (Å²) in [5.41, 5.74) is 0. The third-order valence-electron chi connectivity index (χ3n) is 4.63. The Balaban J connectivity index is 1.43. The summed E-state index contributed by atoms with van der Waals surface area (Å²) in [6, 6.07) is 1.33. The zero-order chi connectivity index (χ0) is 12.6. The maximum Gasteiger partial charge on any atom is 0.150 e. The number of likely N-dealkylation sites (tertiary alicyclic amines) is 1. The average molecular weight is 272 g/mol. The van der Waals surface area contributed by atoms with E-state index in [0.29, 0.717) is 17.5 Å². The van der Waals surface area contributed by atoms with Gasteiger partial charge in [0.15, 0.2) is 0 Å². The number of hydrogen-bond acceptors (Lipinski definition) is 4. The van der Waals surface area contributed by atoms with Crippen LogP contribution in [0, 0.1) is 5.92 Å². The van der Waals surface area contributed by atoms with Crippen molar-refractivity contribution >= 4 is 9.84 Å². The van der Waals surface area contributed by atoms with Gasteiger partial charge in [-0.05, 0) is 51.1 Å². The van der Waals surface area contributed by atoms with Crippen LogP contribution in [0.15, 0.2) is 0 Å². The third kappa shape index (κ3) is 3.25. The predicted octanol–water partition coefficient (Wildman–Crippen LogP) is 0.638. The Morgan fingerprint density at radius 2 is 1.78 bits per heavy atom. The van der Waals surface area contributed by atoms with Crippen molar-refractivity contribution in [3.05, 3.63) is 0 Å². The summed E-state index contributed by atoms with van der Waals surface area (Å²) in [6.45, 7) is 3.50. The summed E-state index contributed by atoms with van der Waals surface area (Å²) in [7, 11) is -2.71. The van der Waals surface area contributed by atoms with Crippen molar-refractivity contribution in [3.8, 4) is 0 Å². The van der Waals surface area contributed by atoms with E-state index in [1.165, 1.54) is 32.4 Å². The highest BCUT2D eigenvalue weighted by Crippen LogP contribution is 2.26. The molecule has 0 spiro atoms. The second-order valence-electron chi connectivity index (χ2n) is 6.22. The first-order valence-corrected chi connectivity index (χ1v) is 9.12. The van der Waals surface area contributed by atoms with Crippen molar-refractivity contribution in [2.45, 2.75) is 44.2 Å². The molecule has 4 nitrogen and oxygen atoms in total. The van der Waals surface area contributed by atoms with E-state index in [2.05, 4.69) is 10.2 Å². The van der Waals surface area contributed by atoms with Gasteiger partial charge in [0.2, 0.25) is 0 Å². The molecule has 18 heavy (non-hydrogen) atoms. The zero-order valence-corrected chi connectivity index (χ0v) is 11.8. The van der Waals surface area contributed by atoms with Crippen molar-refractivity contribution in [1.29, 1.82) is 0 Å².